The van der Waals surface area contributed by atoms with Crippen LogP contribution in [-0.2, 0) is 16.1 Å². The third kappa shape index (κ3) is 4.96. The molecule has 1 aliphatic rings. The normalized spacial score (nSPS) is 14.4. The zero-order chi connectivity index (χ0) is 23.4. The van der Waals surface area contributed by atoms with Crippen LogP contribution in [0.25, 0.3) is 0 Å². The van der Waals surface area contributed by atoms with Crippen molar-refractivity contribution in [3.63, 3.8) is 0 Å². The van der Waals surface area contributed by atoms with Crippen LogP contribution in [0.5, 0.6) is 0 Å². The van der Waals surface area contributed by atoms with Crippen LogP contribution < -0.4 is 10.6 Å². The van der Waals surface area contributed by atoms with Gasteiger partial charge in [-0.1, -0.05) is 78.3 Å². The number of nitrogens with zero attached hydrogens (tertiary/aromatic N) is 1. The Balaban J connectivity index is 1.47. The first kappa shape index (κ1) is 22.3. The smallest absolute Gasteiger partial charge is 0.279 e. The Morgan fingerprint density at radius 2 is 1.58 bits per heavy atom. The summed E-state index contributed by atoms with van der Waals surface area (Å²) in [6, 6.07) is 25.4. The molecule has 1 heterocycles. The van der Waals surface area contributed by atoms with Crippen LogP contribution in [0.2, 0.25) is 0 Å². The van der Waals surface area contributed by atoms with Gasteiger partial charge in [-0.2, -0.15) is 0 Å². The Labute approximate surface area is 196 Å². The van der Waals surface area contributed by atoms with Crippen LogP contribution >= 0.6 is 11.6 Å². The summed E-state index contributed by atoms with van der Waals surface area (Å²) in [4.78, 5) is 39.3. The standard InChI is InChI=1S/C26H22ClN3O3/c1-17(19-11-6-3-7-12-19)28-24(31)20-13-8-14-21(15-20)29-23-22(27)25(32)30(26(23)33)16-18-9-4-2-5-10-18/h2-15,17,29H,16H2,1H3,(H,28,31)/t17-/m0/s1. The summed E-state index contributed by atoms with van der Waals surface area (Å²) in [5.41, 5.74) is 2.69. The van der Waals surface area contributed by atoms with Gasteiger partial charge in [-0.05, 0) is 36.2 Å². The predicted molar refractivity (Wildman–Crippen MR) is 127 cm³/mol. The van der Waals surface area contributed by atoms with Crippen LogP contribution in [0.1, 0.15) is 34.5 Å². The molecule has 0 unspecified atom stereocenters. The molecule has 3 amide bonds. The van der Waals surface area contributed by atoms with E-state index in [2.05, 4.69) is 10.6 Å². The maximum Gasteiger partial charge on any atom is 0.279 e. The van der Waals surface area contributed by atoms with Crippen molar-refractivity contribution in [2.45, 2.75) is 19.5 Å². The second-order valence-corrected chi connectivity index (χ2v) is 8.06. The van der Waals surface area contributed by atoms with Gasteiger partial charge in [0.25, 0.3) is 17.7 Å². The Morgan fingerprint density at radius 3 is 2.27 bits per heavy atom. The van der Waals surface area contributed by atoms with Crippen molar-refractivity contribution in [1.29, 1.82) is 0 Å². The van der Waals surface area contributed by atoms with Crippen LogP contribution in [0.3, 0.4) is 0 Å². The van der Waals surface area contributed by atoms with Crippen molar-refractivity contribution in [3.05, 3.63) is 112 Å². The van der Waals surface area contributed by atoms with Crippen molar-refractivity contribution in [3.8, 4) is 0 Å². The van der Waals surface area contributed by atoms with Gasteiger partial charge in [0.05, 0.1) is 12.6 Å². The van der Waals surface area contributed by atoms with E-state index in [4.69, 9.17) is 11.6 Å². The first-order valence-corrected chi connectivity index (χ1v) is 10.8. The molecular formula is C26H22ClN3O3. The Hall–Kier alpha value is -3.90. The Kier molecular flexibility index (Phi) is 6.56. The first-order chi connectivity index (χ1) is 15.9. The minimum absolute atomic E-state index is 0.00666. The van der Waals surface area contributed by atoms with Crippen LogP contribution in [0, 0.1) is 0 Å². The quantitative estimate of drug-likeness (QED) is 0.506. The van der Waals surface area contributed by atoms with Gasteiger partial charge in [0.15, 0.2) is 0 Å². The molecule has 0 saturated carbocycles. The van der Waals surface area contributed by atoms with E-state index < -0.39 is 11.8 Å². The van der Waals surface area contributed by atoms with Gasteiger partial charge in [-0.3, -0.25) is 19.3 Å². The Bertz CT molecular complexity index is 1230. The van der Waals surface area contributed by atoms with E-state index in [1.807, 2.05) is 67.6 Å². The monoisotopic (exact) mass is 459 g/mol. The van der Waals surface area contributed by atoms with Crippen molar-refractivity contribution >= 4 is 35.0 Å². The summed E-state index contributed by atoms with van der Waals surface area (Å²) in [5, 5.41) is 5.70. The SMILES string of the molecule is C[C@H](NC(=O)c1cccc(NC2=C(Cl)C(=O)N(Cc3ccccc3)C2=O)c1)c1ccccc1. The van der Waals surface area contributed by atoms with Crippen LogP contribution in [-0.4, -0.2) is 22.6 Å². The molecule has 6 nitrogen and oxygen atoms in total. The number of nitrogens with one attached hydrogen (secondary N) is 2. The fourth-order valence-electron chi connectivity index (χ4n) is 3.55. The highest BCUT2D eigenvalue weighted by atomic mass is 35.5. The van der Waals surface area contributed by atoms with Crippen molar-refractivity contribution in [2.75, 3.05) is 5.32 Å². The molecule has 1 atom stereocenters. The van der Waals surface area contributed by atoms with Gasteiger partial charge in [0, 0.05) is 11.3 Å². The summed E-state index contributed by atoms with van der Waals surface area (Å²) in [5.74, 6) is -1.32. The number of halogens is 1. The number of carbonyl (C=O) groups excluding carboxylic acids is 3. The van der Waals surface area contributed by atoms with Gasteiger partial charge in [0.1, 0.15) is 10.7 Å². The lowest BCUT2D eigenvalue weighted by atomic mass is 10.1. The maximum absolute atomic E-state index is 12.9. The number of rotatable bonds is 7. The van der Waals surface area contributed by atoms with E-state index in [1.165, 1.54) is 0 Å². The fraction of sp³-hybridized carbons (Fsp3) is 0.115. The molecule has 7 heteroatoms. The summed E-state index contributed by atoms with van der Waals surface area (Å²) in [6.07, 6.45) is 0. The molecule has 166 valence electrons. The van der Waals surface area contributed by atoms with Crippen LogP contribution in [0.15, 0.2) is 95.7 Å². The van der Waals surface area contributed by atoms with Crippen LogP contribution in [0.4, 0.5) is 5.69 Å². The van der Waals surface area contributed by atoms with E-state index in [0.717, 1.165) is 16.0 Å². The average Bonchev–Trinajstić information content (AvgIpc) is 3.04. The van der Waals surface area contributed by atoms with E-state index in [9.17, 15) is 14.4 Å². The van der Waals surface area contributed by atoms with Gasteiger partial charge in [-0.25, -0.2) is 0 Å². The number of carbonyl (C=O) groups is 3. The lowest BCUT2D eigenvalue weighted by Gasteiger charge is -2.16. The van der Waals surface area contributed by atoms with Gasteiger partial charge >= 0.3 is 0 Å². The minimum atomic E-state index is -0.557. The summed E-state index contributed by atoms with van der Waals surface area (Å²) >= 11 is 6.20. The fourth-order valence-corrected chi connectivity index (χ4v) is 3.78. The van der Waals surface area contributed by atoms with E-state index in [1.54, 1.807) is 24.3 Å². The lowest BCUT2D eigenvalue weighted by molar-refractivity contribution is -0.138. The molecule has 0 spiro atoms. The minimum Gasteiger partial charge on any atom is -0.350 e. The molecule has 3 aromatic carbocycles. The second kappa shape index (κ2) is 9.71. The Morgan fingerprint density at radius 1 is 0.909 bits per heavy atom. The molecule has 2 N–H and O–H groups in total. The van der Waals surface area contributed by atoms with Gasteiger partial charge < -0.3 is 10.6 Å². The van der Waals surface area contributed by atoms with Crippen molar-refractivity contribution < 1.29 is 14.4 Å². The molecule has 33 heavy (non-hydrogen) atoms. The highest BCUT2D eigenvalue weighted by molar-refractivity contribution is 6.48. The highest BCUT2D eigenvalue weighted by Gasteiger charge is 2.37. The zero-order valence-electron chi connectivity index (χ0n) is 17.9. The number of benzene rings is 3. The molecule has 0 bridgehead atoms. The molecule has 0 radical (unpaired) electrons. The largest absolute Gasteiger partial charge is 0.350 e. The van der Waals surface area contributed by atoms with E-state index in [0.29, 0.717) is 11.3 Å². The molecule has 0 fully saturated rings. The zero-order valence-corrected chi connectivity index (χ0v) is 18.7. The van der Waals surface area contributed by atoms with E-state index in [-0.39, 0.29) is 29.2 Å². The third-order valence-corrected chi connectivity index (χ3v) is 5.69. The van der Waals surface area contributed by atoms with E-state index >= 15 is 0 Å². The second-order valence-electron chi connectivity index (χ2n) is 7.68. The van der Waals surface area contributed by atoms with Crippen molar-refractivity contribution in [1.82, 2.24) is 10.2 Å². The van der Waals surface area contributed by atoms with Gasteiger partial charge in [-0.15, -0.1) is 0 Å². The summed E-state index contributed by atoms with van der Waals surface area (Å²) in [6.45, 7) is 2.03. The third-order valence-electron chi connectivity index (χ3n) is 5.34. The molecular weight excluding hydrogens is 438 g/mol. The average molecular weight is 460 g/mol. The first-order valence-electron chi connectivity index (χ1n) is 10.5. The molecule has 4 rings (SSSR count). The molecule has 0 aliphatic carbocycles. The predicted octanol–water partition coefficient (Wildman–Crippen LogP) is 4.61. The van der Waals surface area contributed by atoms with Crippen molar-refractivity contribution in [2.24, 2.45) is 0 Å². The molecule has 0 aromatic heterocycles. The molecule has 0 saturated heterocycles. The maximum atomic E-state index is 12.9. The number of hydrogen-bond donors (Lipinski definition) is 2. The molecule has 3 aromatic rings. The summed E-state index contributed by atoms with van der Waals surface area (Å²) < 4.78 is 0. The highest BCUT2D eigenvalue weighted by Crippen LogP contribution is 2.27. The number of anilines is 1. The number of hydrogen-bond acceptors (Lipinski definition) is 4. The molecule has 1 aliphatic heterocycles. The number of amides is 3. The lowest BCUT2D eigenvalue weighted by Crippen LogP contribution is -2.31. The topological polar surface area (TPSA) is 78.5 Å². The number of imide groups is 1. The summed E-state index contributed by atoms with van der Waals surface area (Å²) in [7, 11) is 0. The van der Waals surface area contributed by atoms with Gasteiger partial charge in [0.2, 0.25) is 0 Å².